The van der Waals surface area contributed by atoms with Gasteiger partial charge in [-0.3, -0.25) is 9.69 Å². The molecule has 2 saturated carbocycles. The molecule has 0 radical (unpaired) electrons. The van der Waals surface area contributed by atoms with Gasteiger partial charge in [0.25, 0.3) is 5.91 Å². The maximum atomic E-state index is 13.7. The smallest absolute Gasteiger partial charge is 0.410 e. The van der Waals surface area contributed by atoms with Crippen LogP contribution >= 0.6 is 11.6 Å². The van der Waals surface area contributed by atoms with Crippen molar-refractivity contribution in [1.82, 2.24) is 25.0 Å². The van der Waals surface area contributed by atoms with Gasteiger partial charge in [-0.05, 0) is 94.9 Å². The lowest BCUT2D eigenvalue weighted by Crippen LogP contribution is -2.74. The zero-order valence-corrected chi connectivity index (χ0v) is 33.0. The molecule has 4 fully saturated rings. The highest BCUT2D eigenvalue weighted by molar-refractivity contribution is 6.31. The molecule has 10 nitrogen and oxygen atoms in total. The lowest BCUT2D eigenvalue weighted by Gasteiger charge is -2.65. The third kappa shape index (κ3) is 7.18. The molecule has 4 heterocycles. The number of ether oxygens (including phenoxy) is 2. The molecule has 2 amide bonds. The van der Waals surface area contributed by atoms with Gasteiger partial charge in [-0.15, -0.1) is 0 Å². The van der Waals surface area contributed by atoms with E-state index in [0.29, 0.717) is 51.6 Å². The first-order valence-corrected chi connectivity index (χ1v) is 19.5. The van der Waals surface area contributed by atoms with Gasteiger partial charge in [-0.2, -0.15) is 5.26 Å². The number of fused-ring (bicyclic) bond motifs is 1. The topological polar surface area (TPSA) is 111 Å². The van der Waals surface area contributed by atoms with Crippen LogP contribution in [0, 0.1) is 39.5 Å². The maximum absolute atomic E-state index is 13.7. The summed E-state index contributed by atoms with van der Waals surface area (Å²) in [5.74, 6) is 3.81. The molecule has 0 bridgehead atoms. The molecule has 3 aliphatic heterocycles. The highest BCUT2D eigenvalue weighted by atomic mass is 35.5. The van der Waals surface area contributed by atoms with E-state index in [2.05, 4.69) is 55.9 Å². The van der Waals surface area contributed by atoms with Gasteiger partial charge in [0, 0.05) is 67.2 Å². The number of hydrogen-bond donors (Lipinski definition) is 1. The number of halogens is 1. The van der Waals surface area contributed by atoms with E-state index >= 15 is 0 Å². The Bertz CT molecular complexity index is 1850. The van der Waals surface area contributed by atoms with Crippen molar-refractivity contribution in [3.63, 3.8) is 0 Å². The predicted molar refractivity (Wildman–Crippen MR) is 203 cm³/mol. The standard InChI is InChI=1S/C42H53ClN6O4/c1-39(2,3)53-38(51)47-20-17-42(18-21-47)25-48(26-42)30-12-9-28(10-13-30)45-19-16-29-11-15-32-34(46-29)24-49(35(32)50)36-40(4,5)37(41(36,6)7)52-31-14-8-27(23-44)33(43)22-31/h8,11,14-15,22,28,30,36-37,45H,9-10,12-13,17-18,20-21,24-26H2,1-7H3. The van der Waals surface area contributed by atoms with E-state index in [0.717, 1.165) is 70.4 Å². The summed E-state index contributed by atoms with van der Waals surface area (Å²) in [6, 6.07) is 15.0. The van der Waals surface area contributed by atoms with E-state index in [9.17, 15) is 14.9 Å². The van der Waals surface area contributed by atoms with Crippen LogP contribution in [-0.4, -0.2) is 87.7 Å². The molecular weight excluding hydrogens is 688 g/mol. The average molecular weight is 741 g/mol. The number of nitrogens with zero attached hydrogens (tertiary/aromatic N) is 5. The van der Waals surface area contributed by atoms with E-state index in [4.69, 9.17) is 26.1 Å². The predicted octanol–water partition coefficient (Wildman–Crippen LogP) is 6.99. The fourth-order valence-corrected chi connectivity index (χ4v) is 10.4. The van der Waals surface area contributed by atoms with Gasteiger partial charge < -0.3 is 24.6 Å². The first-order chi connectivity index (χ1) is 25.0. The van der Waals surface area contributed by atoms with E-state index in [1.165, 1.54) is 0 Å². The average Bonchev–Trinajstić information content (AvgIpc) is 3.39. The number of amides is 2. The minimum Gasteiger partial charge on any atom is -0.489 e. The molecule has 5 aliphatic rings. The molecule has 53 heavy (non-hydrogen) atoms. The Morgan fingerprint density at radius 1 is 1.02 bits per heavy atom. The van der Waals surface area contributed by atoms with Crippen LogP contribution in [0.4, 0.5) is 4.79 Å². The lowest BCUT2D eigenvalue weighted by molar-refractivity contribution is -0.199. The first-order valence-electron chi connectivity index (χ1n) is 19.2. The molecule has 7 rings (SSSR count). The highest BCUT2D eigenvalue weighted by Crippen LogP contribution is 2.59. The fraction of sp³-hybridized carbons (Fsp3) is 0.619. The van der Waals surface area contributed by atoms with Crippen molar-refractivity contribution in [1.29, 1.82) is 5.26 Å². The summed E-state index contributed by atoms with van der Waals surface area (Å²) >= 11 is 6.28. The van der Waals surface area contributed by atoms with Crippen LogP contribution in [0.3, 0.4) is 0 Å². The molecule has 11 heteroatoms. The number of aromatic nitrogens is 1. The van der Waals surface area contributed by atoms with Crippen molar-refractivity contribution in [2.45, 2.75) is 123 Å². The molecule has 2 saturated heterocycles. The SMILES string of the molecule is CC(C)(C)OC(=O)N1CCC2(CC1)CN(C1CCC(NC#Cc3ccc4c(n3)CN(C3C(C)(C)C(Oc5ccc(C#N)c(Cl)c5)C3(C)C)C4=O)CC1)C2. The van der Waals surface area contributed by atoms with Crippen LogP contribution in [0.1, 0.15) is 114 Å². The Hall–Kier alpha value is -3.99. The molecule has 0 unspecified atom stereocenters. The Morgan fingerprint density at radius 2 is 1.70 bits per heavy atom. The van der Waals surface area contributed by atoms with E-state index in [1.54, 1.807) is 18.2 Å². The van der Waals surface area contributed by atoms with Crippen molar-refractivity contribution in [3.05, 3.63) is 57.9 Å². The van der Waals surface area contributed by atoms with E-state index in [1.807, 2.05) is 42.7 Å². The second kappa shape index (κ2) is 13.7. The molecule has 1 aromatic carbocycles. The molecule has 1 spiro atoms. The molecule has 1 aromatic heterocycles. The number of nitriles is 1. The Kier molecular flexibility index (Phi) is 9.65. The molecule has 2 aliphatic carbocycles. The monoisotopic (exact) mass is 740 g/mol. The van der Waals surface area contributed by atoms with E-state index < -0.39 is 5.60 Å². The number of benzene rings is 1. The molecule has 0 atom stereocenters. The normalized spacial score (nSPS) is 27.0. The second-order valence-corrected chi connectivity index (χ2v) is 18.6. The summed E-state index contributed by atoms with van der Waals surface area (Å²) in [4.78, 5) is 37.5. The maximum Gasteiger partial charge on any atom is 0.410 e. The van der Waals surface area contributed by atoms with Crippen molar-refractivity contribution >= 4 is 23.6 Å². The summed E-state index contributed by atoms with van der Waals surface area (Å²) < 4.78 is 12.0. The van der Waals surface area contributed by atoms with Crippen molar-refractivity contribution in [2.75, 3.05) is 26.2 Å². The van der Waals surface area contributed by atoms with Crippen LogP contribution in [-0.2, 0) is 11.3 Å². The van der Waals surface area contributed by atoms with Gasteiger partial charge in [0.05, 0.1) is 28.4 Å². The first kappa shape index (κ1) is 37.3. The zero-order chi connectivity index (χ0) is 37.9. The van der Waals surface area contributed by atoms with Crippen LogP contribution < -0.4 is 10.1 Å². The van der Waals surface area contributed by atoms with Crippen LogP contribution in [0.25, 0.3) is 0 Å². The van der Waals surface area contributed by atoms with Gasteiger partial charge in [-0.1, -0.05) is 39.3 Å². The summed E-state index contributed by atoms with van der Waals surface area (Å²) in [5, 5.41) is 13.1. The number of likely N-dealkylation sites (tertiary alicyclic amines) is 2. The van der Waals surface area contributed by atoms with Gasteiger partial charge in [0.2, 0.25) is 0 Å². The fourth-order valence-electron chi connectivity index (χ4n) is 10.2. The van der Waals surface area contributed by atoms with Gasteiger partial charge in [-0.25, -0.2) is 9.78 Å². The number of nitrogens with one attached hydrogen (secondary N) is 1. The minimum atomic E-state index is -0.456. The van der Waals surface area contributed by atoms with Crippen molar-refractivity contribution in [2.24, 2.45) is 16.2 Å². The quantitative estimate of drug-likeness (QED) is 0.258. The summed E-state index contributed by atoms with van der Waals surface area (Å²) in [5.41, 5.74) is 1.69. The van der Waals surface area contributed by atoms with Crippen molar-refractivity contribution < 1.29 is 19.1 Å². The largest absolute Gasteiger partial charge is 0.489 e. The Morgan fingerprint density at radius 3 is 2.32 bits per heavy atom. The minimum absolute atomic E-state index is 0.00714. The molecular formula is C42H53ClN6O4. The van der Waals surface area contributed by atoms with E-state index in [-0.39, 0.29) is 35.0 Å². The van der Waals surface area contributed by atoms with Crippen LogP contribution in [0.5, 0.6) is 5.75 Å². The number of pyridine rings is 1. The Labute approximate surface area is 319 Å². The molecule has 1 N–H and O–H groups in total. The number of piperidine rings is 1. The number of hydrogen-bond acceptors (Lipinski definition) is 8. The molecule has 2 aromatic rings. The van der Waals surface area contributed by atoms with Crippen molar-refractivity contribution in [3.8, 4) is 23.8 Å². The second-order valence-electron chi connectivity index (χ2n) is 18.2. The molecule has 282 valence electrons. The third-order valence-electron chi connectivity index (χ3n) is 12.4. The zero-order valence-electron chi connectivity index (χ0n) is 32.2. The third-order valence-corrected chi connectivity index (χ3v) is 12.7. The number of carbonyl (C=O) groups excluding carboxylic acids is 2. The van der Waals surface area contributed by atoms with Gasteiger partial charge in [0.1, 0.15) is 29.2 Å². The Balaban J connectivity index is 0.879. The van der Waals surface area contributed by atoms with Gasteiger partial charge >= 0.3 is 6.09 Å². The van der Waals surface area contributed by atoms with Gasteiger partial charge in [0.15, 0.2) is 0 Å². The summed E-state index contributed by atoms with van der Waals surface area (Å²) in [6.45, 7) is 18.6. The number of rotatable bonds is 5. The summed E-state index contributed by atoms with van der Waals surface area (Å²) in [6.07, 6.45) is 6.26. The summed E-state index contributed by atoms with van der Waals surface area (Å²) in [7, 11) is 0. The highest BCUT2D eigenvalue weighted by Gasteiger charge is 2.67. The number of carbonyl (C=O) groups is 2. The lowest BCUT2D eigenvalue weighted by atomic mass is 9.49. The van der Waals surface area contributed by atoms with Crippen LogP contribution in [0.2, 0.25) is 5.02 Å². The van der Waals surface area contributed by atoms with Crippen LogP contribution in [0.15, 0.2) is 30.3 Å².